The standard InChI is InChI=1S/C20H24FN5OS/c1-4-15(21)13(3)20-25-17(11-28-20)19(27)24-16-8-23-6-5-18(16)26-9-12(2)7-14(22)10-26/h4-6,8,11-12,14H,1,7,9-10,22H2,2-3H3,(H,24,27)/b15-13-/t12-,14+/m1/s1. The average molecular weight is 402 g/mol. The number of aromatic nitrogens is 2. The topological polar surface area (TPSA) is 84.1 Å². The number of rotatable bonds is 5. The molecule has 3 heterocycles. The van der Waals surface area contributed by atoms with Crippen LogP contribution in [0, 0.1) is 5.92 Å². The van der Waals surface area contributed by atoms with E-state index in [2.05, 4.69) is 33.7 Å². The van der Waals surface area contributed by atoms with Gasteiger partial charge in [-0.25, -0.2) is 9.37 Å². The maximum Gasteiger partial charge on any atom is 0.275 e. The normalized spacial score (nSPS) is 20.5. The van der Waals surface area contributed by atoms with E-state index in [1.54, 1.807) is 24.7 Å². The second-order valence-electron chi connectivity index (χ2n) is 7.07. The highest BCUT2D eigenvalue weighted by Gasteiger charge is 2.24. The molecule has 0 saturated carbocycles. The maximum absolute atomic E-state index is 13.7. The molecule has 0 unspecified atom stereocenters. The molecular formula is C20H24FN5OS. The van der Waals surface area contributed by atoms with Crippen molar-refractivity contribution in [2.24, 2.45) is 11.7 Å². The van der Waals surface area contributed by atoms with Crippen molar-refractivity contribution >= 4 is 34.2 Å². The lowest BCUT2D eigenvalue weighted by atomic mass is 9.96. The first-order valence-electron chi connectivity index (χ1n) is 9.09. The predicted octanol–water partition coefficient (Wildman–Crippen LogP) is 3.85. The number of halogens is 1. The van der Waals surface area contributed by atoms with Crippen molar-refractivity contribution in [1.29, 1.82) is 0 Å². The van der Waals surface area contributed by atoms with Gasteiger partial charge in [-0.2, -0.15) is 0 Å². The Morgan fingerprint density at radius 2 is 2.29 bits per heavy atom. The molecule has 1 aliphatic rings. The quantitative estimate of drug-likeness (QED) is 0.744. The number of hydrogen-bond donors (Lipinski definition) is 2. The van der Waals surface area contributed by atoms with E-state index >= 15 is 0 Å². The monoisotopic (exact) mass is 401 g/mol. The van der Waals surface area contributed by atoms with Gasteiger partial charge in [0.2, 0.25) is 0 Å². The van der Waals surface area contributed by atoms with Crippen LogP contribution in [-0.2, 0) is 0 Å². The molecule has 148 valence electrons. The van der Waals surface area contributed by atoms with E-state index in [0.717, 1.165) is 31.3 Å². The molecule has 1 fully saturated rings. The number of pyridine rings is 1. The van der Waals surface area contributed by atoms with Gasteiger partial charge < -0.3 is 16.0 Å². The Morgan fingerprint density at radius 1 is 1.50 bits per heavy atom. The molecule has 6 nitrogen and oxygen atoms in total. The fourth-order valence-electron chi connectivity index (χ4n) is 3.35. The number of piperidine rings is 1. The highest BCUT2D eigenvalue weighted by Crippen LogP contribution is 2.30. The lowest BCUT2D eigenvalue weighted by molar-refractivity contribution is 0.102. The number of carbonyl (C=O) groups excluding carboxylic acids is 1. The highest BCUT2D eigenvalue weighted by atomic mass is 32.1. The molecule has 1 saturated heterocycles. The van der Waals surface area contributed by atoms with E-state index in [4.69, 9.17) is 5.73 Å². The van der Waals surface area contributed by atoms with Gasteiger partial charge in [0.25, 0.3) is 5.91 Å². The molecule has 3 rings (SSSR count). The SMILES string of the molecule is C=C/C(F)=C(\C)c1nc(C(=O)Nc2cnccc2N2C[C@H](C)C[C@H](N)C2)cs1. The molecule has 0 spiro atoms. The van der Waals surface area contributed by atoms with Gasteiger partial charge in [-0.05, 0) is 31.4 Å². The zero-order valence-corrected chi connectivity index (χ0v) is 16.8. The Bertz CT molecular complexity index is 900. The minimum Gasteiger partial charge on any atom is -0.368 e. The van der Waals surface area contributed by atoms with Crippen molar-refractivity contribution < 1.29 is 9.18 Å². The second-order valence-corrected chi connectivity index (χ2v) is 7.93. The van der Waals surface area contributed by atoms with Crippen molar-refractivity contribution in [2.75, 3.05) is 23.3 Å². The third-order valence-electron chi connectivity index (χ3n) is 4.67. The van der Waals surface area contributed by atoms with Crippen molar-refractivity contribution in [3.05, 3.63) is 53.0 Å². The number of nitrogens with zero attached hydrogens (tertiary/aromatic N) is 3. The summed E-state index contributed by atoms with van der Waals surface area (Å²) in [5.41, 5.74) is 8.25. The number of nitrogens with two attached hydrogens (primary N) is 1. The summed E-state index contributed by atoms with van der Waals surface area (Å²) in [5, 5.41) is 4.94. The Morgan fingerprint density at radius 3 is 3.00 bits per heavy atom. The molecule has 8 heteroatoms. The van der Waals surface area contributed by atoms with Gasteiger partial charge in [0.1, 0.15) is 16.5 Å². The first-order valence-corrected chi connectivity index (χ1v) is 9.97. The van der Waals surface area contributed by atoms with Gasteiger partial charge in [0, 0.05) is 36.3 Å². The Labute approximate surface area is 168 Å². The first kappa shape index (κ1) is 20.2. The molecule has 2 aromatic rings. The smallest absolute Gasteiger partial charge is 0.275 e. The Balaban J connectivity index is 1.80. The first-order chi connectivity index (χ1) is 13.4. The number of amides is 1. The van der Waals surface area contributed by atoms with Crippen molar-refractivity contribution in [3.63, 3.8) is 0 Å². The van der Waals surface area contributed by atoms with Crippen LogP contribution >= 0.6 is 11.3 Å². The summed E-state index contributed by atoms with van der Waals surface area (Å²) < 4.78 is 13.7. The highest BCUT2D eigenvalue weighted by molar-refractivity contribution is 7.11. The fraction of sp³-hybridized carbons (Fsp3) is 0.350. The number of thiazole rings is 1. The number of carbonyl (C=O) groups is 1. The molecule has 1 amide bonds. The van der Waals surface area contributed by atoms with E-state index in [-0.39, 0.29) is 17.6 Å². The van der Waals surface area contributed by atoms with E-state index in [9.17, 15) is 9.18 Å². The zero-order chi connectivity index (χ0) is 20.3. The van der Waals surface area contributed by atoms with Crippen molar-refractivity contribution in [3.8, 4) is 0 Å². The molecule has 1 aliphatic heterocycles. The number of allylic oxidation sites excluding steroid dienone is 3. The molecule has 3 N–H and O–H groups in total. The van der Waals surface area contributed by atoms with Crippen LogP contribution in [0.3, 0.4) is 0 Å². The van der Waals surface area contributed by atoms with Crippen LogP contribution in [0.4, 0.5) is 15.8 Å². The van der Waals surface area contributed by atoms with Gasteiger partial charge >= 0.3 is 0 Å². The molecule has 0 radical (unpaired) electrons. The molecule has 2 aromatic heterocycles. The van der Waals surface area contributed by atoms with Crippen molar-refractivity contribution in [2.45, 2.75) is 26.3 Å². The van der Waals surface area contributed by atoms with Crippen LogP contribution in [0.5, 0.6) is 0 Å². The fourth-order valence-corrected chi connectivity index (χ4v) is 4.16. The molecule has 28 heavy (non-hydrogen) atoms. The number of anilines is 2. The summed E-state index contributed by atoms with van der Waals surface area (Å²) in [6.07, 6.45) is 5.43. The predicted molar refractivity (Wildman–Crippen MR) is 112 cm³/mol. The van der Waals surface area contributed by atoms with Crippen LogP contribution in [0.25, 0.3) is 5.57 Å². The second kappa shape index (κ2) is 8.62. The summed E-state index contributed by atoms with van der Waals surface area (Å²) in [6, 6.07) is 1.97. The van der Waals surface area contributed by atoms with Gasteiger partial charge in [0.15, 0.2) is 0 Å². The molecular weight excluding hydrogens is 377 g/mol. The summed E-state index contributed by atoms with van der Waals surface area (Å²) >= 11 is 1.21. The Hall–Kier alpha value is -2.58. The maximum atomic E-state index is 13.7. The van der Waals surface area contributed by atoms with Gasteiger partial charge in [-0.15, -0.1) is 11.3 Å². The van der Waals surface area contributed by atoms with Gasteiger partial charge in [0.05, 0.1) is 17.6 Å². The van der Waals surface area contributed by atoms with E-state index in [1.807, 2.05) is 6.07 Å². The van der Waals surface area contributed by atoms with Crippen LogP contribution in [-0.4, -0.2) is 35.0 Å². The number of hydrogen-bond acceptors (Lipinski definition) is 6. The average Bonchev–Trinajstić information content (AvgIpc) is 3.16. The van der Waals surface area contributed by atoms with E-state index < -0.39 is 5.83 Å². The summed E-state index contributed by atoms with van der Waals surface area (Å²) in [6.45, 7) is 8.78. The lowest BCUT2D eigenvalue weighted by Crippen LogP contribution is -2.46. The summed E-state index contributed by atoms with van der Waals surface area (Å²) in [5.74, 6) is -0.347. The third kappa shape index (κ3) is 4.45. The number of nitrogens with one attached hydrogen (secondary N) is 1. The van der Waals surface area contributed by atoms with E-state index in [0.29, 0.717) is 22.2 Å². The minimum absolute atomic E-state index is 0.0936. The van der Waals surface area contributed by atoms with Crippen LogP contribution in [0.15, 0.2) is 42.3 Å². The van der Waals surface area contributed by atoms with Gasteiger partial charge in [-0.3, -0.25) is 9.78 Å². The van der Waals surface area contributed by atoms with Crippen LogP contribution < -0.4 is 16.0 Å². The molecule has 0 aliphatic carbocycles. The Kier molecular flexibility index (Phi) is 6.21. The molecule has 0 aromatic carbocycles. The molecule has 2 atom stereocenters. The summed E-state index contributed by atoms with van der Waals surface area (Å²) in [4.78, 5) is 23.2. The van der Waals surface area contributed by atoms with Crippen molar-refractivity contribution in [1.82, 2.24) is 9.97 Å². The van der Waals surface area contributed by atoms with E-state index in [1.165, 1.54) is 11.3 Å². The largest absolute Gasteiger partial charge is 0.368 e. The molecule has 0 bridgehead atoms. The zero-order valence-electron chi connectivity index (χ0n) is 16.0. The minimum atomic E-state index is -0.452. The summed E-state index contributed by atoms with van der Waals surface area (Å²) in [7, 11) is 0. The van der Waals surface area contributed by atoms with Crippen LogP contribution in [0.2, 0.25) is 0 Å². The van der Waals surface area contributed by atoms with Crippen LogP contribution in [0.1, 0.15) is 35.8 Å². The lowest BCUT2D eigenvalue weighted by Gasteiger charge is -2.37. The third-order valence-corrected chi connectivity index (χ3v) is 5.64. The van der Waals surface area contributed by atoms with Gasteiger partial charge in [-0.1, -0.05) is 13.5 Å².